The van der Waals surface area contributed by atoms with Gasteiger partial charge in [0.05, 0.1) is 11.4 Å². The van der Waals surface area contributed by atoms with Crippen molar-refractivity contribution < 1.29 is 13.6 Å². The van der Waals surface area contributed by atoms with E-state index in [1.54, 1.807) is 0 Å². The van der Waals surface area contributed by atoms with Crippen LogP contribution in [-0.4, -0.2) is 38.7 Å². The summed E-state index contributed by atoms with van der Waals surface area (Å²) in [6.45, 7) is 6.42. The lowest BCUT2D eigenvalue weighted by Gasteiger charge is -2.29. The van der Waals surface area contributed by atoms with Crippen LogP contribution in [0.15, 0.2) is 47.1 Å². The highest BCUT2D eigenvalue weighted by Crippen LogP contribution is 2.34. The second-order valence-corrected chi connectivity index (χ2v) is 9.36. The third-order valence-corrected chi connectivity index (χ3v) is 6.79. The number of nitrogens with zero attached hydrogens (tertiary/aromatic N) is 4. The number of rotatable bonds is 6. The van der Waals surface area contributed by atoms with Crippen molar-refractivity contribution in [2.45, 2.75) is 39.3 Å². The van der Waals surface area contributed by atoms with E-state index in [-0.39, 0.29) is 6.42 Å². The van der Waals surface area contributed by atoms with Crippen molar-refractivity contribution in [2.24, 2.45) is 0 Å². The Kier molecular flexibility index (Phi) is 6.34. The van der Waals surface area contributed by atoms with Crippen LogP contribution in [0.5, 0.6) is 0 Å². The normalized spacial score (nSPS) is 14.0. The molecule has 0 fully saturated rings. The number of fused-ring (bicyclic) bond motifs is 2. The van der Waals surface area contributed by atoms with Crippen molar-refractivity contribution in [3.8, 4) is 22.8 Å². The SMILES string of the molecule is CC(C)n1cc(Cl)c2cc(-c3nc(-c4cccc5c4CCN(CCC(=O)OCl)C5)no3)ccc21. The summed E-state index contributed by atoms with van der Waals surface area (Å²) in [6.07, 6.45) is 3.05. The fraction of sp³-hybridized carbons (Fsp3) is 0.320. The van der Waals surface area contributed by atoms with Crippen LogP contribution in [0.4, 0.5) is 0 Å². The third kappa shape index (κ3) is 4.31. The van der Waals surface area contributed by atoms with Crippen LogP contribution in [0.3, 0.4) is 0 Å². The first-order valence-electron chi connectivity index (χ1n) is 11.2. The summed E-state index contributed by atoms with van der Waals surface area (Å²) >= 11 is 11.6. The van der Waals surface area contributed by atoms with Gasteiger partial charge in [0.25, 0.3) is 5.89 Å². The van der Waals surface area contributed by atoms with Crippen molar-refractivity contribution in [1.82, 2.24) is 19.6 Å². The Labute approximate surface area is 207 Å². The molecule has 0 N–H and O–H groups in total. The first-order chi connectivity index (χ1) is 16.4. The molecule has 0 aliphatic carbocycles. The van der Waals surface area contributed by atoms with E-state index in [1.807, 2.05) is 36.5 Å². The summed E-state index contributed by atoms with van der Waals surface area (Å²) < 4.78 is 12.0. The molecule has 34 heavy (non-hydrogen) atoms. The molecule has 2 aromatic carbocycles. The Bertz CT molecular complexity index is 1360. The molecule has 9 heteroatoms. The molecule has 0 saturated carbocycles. The molecule has 4 aromatic rings. The number of hydrogen-bond donors (Lipinski definition) is 0. The topological polar surface area (TPSA) is 73.4 Å². The molecule has 0 unspecified atom stereocenters. The van der Waals surface area contributed by atoms with E-state index in [0.29, 0.717) is 29.3 Å². The van der Waals surface area contributed by atoms with Crippen molar-refractivity contribution in [2.75, 3.05) is 13.1 Å². The summed E-state index contributed by atoms with van der Waals surface area (Å²) in [4.78, 5) is 18.3. The fourth-order valence-electron chi connectivity index (χ4n) is 4.58. The zero-order valence-corrected chi connectivity index (χ0v) is 20.4. The molecule has 1 aliphatic heterocycles. The monoisotopic (exact) mass is 498 g/mol. The summed E-state index contributed by atoms with van der Waals surface area (Å²) in [5.74, 6) is 0.609. The molecule has 0 radical (unpaired) electrons. The average molecular weight is 499 g/mol. The number of aromatic nitrogens is 3. The Hall–Kier alpha value is -2.87. The minimum absolute atomic E-state index is 0.266. The molecule has 5 rings (SSSR count). The molecule has 176 valence electrons. The number of hydrogen-bond acceptors (Lipinski definition) is 6. The van der Waals surface area contributed by atoms with Gasteiger partial charge in [0.1, 0.15) is 11.9 Å². The van der Waals surface area contributed by atoms with Crippen LogP contribution in [0.2, 0.25) is 5.02 Å². The first-order valence-corrected chi connectivity index (χ1v) is 11.9. The standard InChI is InChI=1S/C25H24Cl2N4O3/c1-15(2)31-14-21(26)20-12-16(6-7-22(20)31)25-28-24(29-34-25)19-5-3-4-17-13-30(10-8-18(17)19)11-9-23(32)33-27/h3-7,12,14-15H,8-11,13H2,1-2H3. The fourth-order valence-corrected chi connectivity index (χ4v) is 4.91. The summed E-state index contributed by atoms with van der Waals surface area (Å²) in [5.41, 5.74) is 5.27. The number of halogens is 2. The number of carbonyl (C=O) groups excluding carboxylic acids is 1. The van der Waals surface area contributed by atoms with Gasteiger partial charge in [-0.15, -0.1) is 0 Å². The van der Waals surface area contributed by atoms with Gasteiger partial charge in [0, 0.05) is 53.9 Å². The lowest BCUT2D eigenvalue weighted by molar-refractivity contribution is -0.134. The Balaban J connectivity index is 1.41. The lowest BCUT2D eigenvalue weighted by atomic mass is 9.94. The van der Waals surface area contributed by atoms with E-state index in [0.717, 1.165) is 41.5 Å². The van der Waals surface area contributed by atoms with E-state index in [2.05, 4.69) is 38.8 Å². The van der Waals surface area contributed by atoms with Crippen LogP contribution in [0.1, 0.15) is 37.4 Å². The van der Waals surface area contributed by atoms with E-state index >= 15 is 0 Å². The number of benzene rings is 2. The predicted molar refractivity (Wildman–Crippen MR) is 132 cm³/mol. The van der Waals surface area contributed by atoms with E-state index in [1.165, 1.54) is 11.1 Å². The van der Waals surface area contributed by atoms with Crippen LogP contribution in [0.25, 0.3) is 33.7 Å². The minimum Gasteiger partial charge on any atom is -0.348 e. The average Bonchev–Trinajstić information content (AvgIpc) is 3.47. The minimum atomic E-state index is -0.416. The van der Waals surface area contributed by atoms with Gasteiger partial charge in [-0.25, -0.2) is 0 Å². The largest absolute Gasteiger partial charge is 0.348 e. The smallest absolute Gasteiger partial charge is 0.326 e. The molecular weight excluding hydrogens is 475 g/mol. The molecule has 0 spiro atoms. The van der Waals surface area contributed by atoms with Crippen LogP contribution >= 0.6 is 23.5 Å². The second-order valence-electron chi connectivity index (χ2n) is 8.80. The quantitative estimate of drug-likeness (QED) is 0.322. The van der Waals surface area contributed by atoms with Crippen molar-refractivity contribution in [1.29, 1.82) is 0 Å². The van der Waals surface area contributed by atoms with Gasteiger partial charge in [-0.1, -0.05) is 35.0 Å². The lowest BCUT2D eigenvalue weighted by Crippen LogP contribution is -2.32. The molecule has 0 amide bonds. The highest BCUT2D eigenvalue weighted by molar-refractivity contribution is 6.35. The first kappa shape index (κ1) is 22.9. The van der Waals surface area contributed by atoms with Crippen molar-refractivity contribution in [3.05, 3.63) is 58.7 Å². The van der Waals surface area contributed by atoms with Crippen LogP contribution < -0.4 is 0 Å². The number of carbonyl (C=O) groups is 1. The predicted octanol–water partition coefficient (Wildman–Crippen LogP) is 6.04. The van der Waals surface area contributed by atoms with Crippen LogP contribution in [-0.2, 0) is 22.0 Å². The maximum atomic E-state index is 11.4. The summed E-state index contributed by atoms with van der Waals surface area (Å²) in [5, 5.41) is 5.94. The maximum absolute atomic E-state index is 11.4. The zero-order valence-electron chi connectivity index (χ0n) is 18.9. The third-order valence-electron chi connectivity index (χ3n) is 6.32. The maximum Gasteiger partial charge on any atom is 0.326 e. The van der Waals surface area contributed by atoms with Gasteiger partial charge in [0.15, 0.2) is 0 Å². The molecular formula is C25H24Cl2N4O3. The van der Waals surface area contributed by atoms with Gasteiger partial charge in [-0.05, 0) is 49.6 Å². The van der Waals surface area contributed by atoms with Gasteiger partial charge >= 0.3 is 5.97 Å². The van der Waals surface area contributed by atoms with Gasteiger partial charge in [0.2, 0.25) is 5.82 Å². The Morgan fingerprint density at radius 2 is 2.12 bits per heavy atom. The van der Waals surface area contributed by atoms with Gasteiger partial charge in [-0.3, -0.25) is 9.69 Å². The van der Waals surface area contributed by atoms with Gasteiger partial charge in [-0.2, -0.15) is 4.98 Å². The Morgan fingerprint density at radius 3 is 2.91 bits per heavy atom. The van der Waals surface area contributed by atoms with Crippen molar-refractivity contribution in [3.63, 3.8) is 0 Å². The molecule has 0 atom stereocenters. The molecule has 7 nitrogen and oxygen atoms in total. The van der Waals surface area contributed by atoms with Crippen molar-refractivity contribution >= 4 is 40.3 Å². The summed E-state index contributed by atoms with van der Waals surface area (Å²) in [7, 11) is 0. The molecule has 3 heterocycles. The van der Waals surface area contributed by atoms with E-state index in [9.17, 15) is 4.79 Å². The second kappa shape index (κ2) is 9.41. The molecule has 2 aromatic heterocycles. The molecule has 0 saturated heterocycles. The Morgan fingerprint density at radius 1 is 1.26 bits per heavy atom. The highest BCUT2D eigenvalue weighted by atomic mass is 35.5. The highest BCUT2D eigenvalue weighted by Gasteiger charge is 2.22. The zero-order chi connectivity index (χ0) is 23.8. The summed E-state index contributed by atoms with van der Waals surface area (Å²) in [6, 6.07) is 12.5. The van der Waals surface area contributed by atoms with E-state index < -0.39 is 5.97 Å². The molecule has 0 bridgehead atoms. The van der Waals surface area contributed by atoms with Gasteiger partial charge < -0.3 is 13.4 Å². The van der Waals surface area contributed by atoms with Crippen LogP contribution in [0, 0.1) is 0 Å². The van der Waals surface area contributed by atoms with E-state index in [4.69, 9.17) is 33.0 Å². The molecule has 1 aliphatic rings.